The normalized spacial score (nSPS) is 11.1. The molecule has 0 rings (SSSR count). The number of ketones is 1. The molecule has 0 aromatic heterocycles. The maximum Gasteiger partial charge on any atom is 0.313 e. The third-order valence-electron chi connectivity index (χ3n) is 1.90. The molecule has 0 saturated heterocycles. The van der Waals surface area contributed by atoms with E-state index in [-0.39, 0.29) is 12.2 Å². The lowest BCUT2D eigenvalue weighted by Gasteiger charge is -2.15. The molecule has 0 saturated carbocycles. The summed E-state index contributed by atoms with van der Waals surface area (Å²) in [6.45, 7) is 7.85. The van der Waals surface area contributed by atoms with Crippen LogP contribution in [0.5, 0.6) is 0 Å². The quantitative estimate of drug-likeness (QED) is 0.388. The minimum Gasteiger partial charge on any atom is -0.465 e. The number of hydrogen-bond donors (Lipinski definition) is 0. The number of Topliss-reactive ketones (excluding diaryl/α,β-unsaturated/α-hetero) is 1. The molecule has 0 aromatic rings. The summed E-state index contributed by atoms with van der Waals surface area (Å²) >= 11 is 0. The molecule has 0 aliphatic carbocycles. The summed E-state index contributed by atoms with van der Waals surface area (Å²) in [5, 5.41) is 0. The molecular weight excluding hydrogens is 180 g/mol. The van der Waals surface area contributed by atoms with Crippen LogP contribution in [0.15, 0.2) is 0 Å². The molecule has 0 fully saturated rings. The van der Waals surface area contributed by atoms with Gasteiger partial charge >= 0.3 is 5.97 Å². The Morgan fingerprint density at radius 3 is 2.21 bits per heavy atom. The highest BCUT2D eigenvalue weighted by Crippen LogP contribution is 2.16. The number of ether oxygens (including phenoxy) is 1. The summed E-state index contributed by atoms with van der Waals surface area (Å²) in [5.74, 6) is -0.475. The van der Waals surface area contributed by atoms with Crippen molar-refractivity contribution in [3.63, 3.8) is 0 Å². The van der Waals surface area contributed by atoms with Crippen LogP contribution in [0, 0.1) is 5.41 Å². The fourth-order valence-electron chi connectivity index (χ4n) is 0.778. The maximum atomic E-state index is 11.4. The van der Waals surface area contributed by atoms with E-state index in [0.29, 0.717) is 6.61 Å². The third kappa shape index (κ3) is 5.73. The molecule has 3 heteroatoms. The monoisotopic (exact) mass is 200 g/mol. The first-order valence-corrected chi connectivity index (χ1v) is 5.07. The first kappa shape index (κ1) is 13.1. The van der Waals surface area contributed by atoms with E-state index in [0.717, 1.165) is 12.8 Å². The second-order valence-corrected chi connectivity index (χ2v) is 4.42. The molecule has 0 amide bonds. The molecule has 0 heterocycles. The van der Waals surface area contributed by atoms with Gasteiger partial charge in [0.25, 0.3) is 0 Å². The maximum absolute atomic E-state index is 11.4. The minimum atomic E-state index is -0.455. The molecular formula is C11H20O3. The topological polar surface area (TPSA) is 43.4 Å². The van der Waals surface area contributed by atoms with E-state index in [4.69, 9.17) is 4.74 Å². The van der Waals surface area contributed by atoms with Crippen LogP contribution in [0.3, 0.4) is 0 Å². The van der Waals surface area contributed by atoms with Crippen LogP contribution < -0.4 is 0 Å². The summed E-state index contributed by atoms with van der Waals surface area (Å²) < 4.78 is 4.89. The zero-order valence-electron chi connectivity index (χ0n) is 9.55. The standard InChI is InChI=1S/C11H20O3/c1-5-6-7-14-10(13)8-9(12)11(2,3)4/h5-8H2,1-4H3. The highest BCUT2D eigenvalue weighted by Gasteiger charge is 2.24. The van der Waals surface area contributed by atoms with Gasteiger partial charge in [-0.15, -0.1) is 0 Å². The molecule has 0 spiro atoms. The molecule has 3 nitrogen and oxygen atoms in total. The number of carbonyl (C=O) groups is 2. The second-order valence-electron chi connectivity index (χ2n) is 4.42. The first-order valence-electron chi connectivity index (χ1n) is 5.07. The lowest BCUT2D eigenvalue weighted by atomic mass is 9.89. The molecule has 0 aromatic carbocycles. The van der Waals surface area contributed by atoms with Crippen molar-refractivity contribution in [2.45, 2.75) is 47.0 Å². The fraction of sp³-hybridized carbons (Fsp3) is 0.818. The zero-order valence-corrected chi connectivity index (χ0v) is 9.55. The van der Waals surface area contributed by atoms with Gasteiger partial charge in [0.2, 0.25) is 0 Å². The number of unbranched alkanes of at least 4 members (excludes halogenated alkanes) is 1. The summed E-state index contributed by atoms with van der Waals surface area (Å²) in [6.07, 6.45) is 1.74. The van der Waals surface area contributed by atoms with Crippen molar-refractivity contribution < 1.29 is 14.3 Å². The van der Waals surface area contributed by atoms with Gasteiger partial charge in [0, 0.05) is 5.41 Å². The molecule has 0 aliphatic rings. The van der Waals surface area contributed by atoms with Gasteiger partial charge in [0.15, 0.2) is 0 Å². The molecule has 0 bridgehead atoms. The summed E-state index contributed by atoms with van der Waals surface area (Å²) in [7, 11) is 0. The molecule has 0 radical (unpaired) electrons. The van der Waals surface area contributed by atoms with Crippen LogP contribution in [-0.4, -0.2) is 18.4 Å². The van der Waals surface area contributed by atoms with Crippen LogP contribution in [0.1, 0.15) is 47.0 Å². The summed E-state index contributed by atoms with van der Waals surface area (Å²) in [4.78, 5) is 22.5. The fourth-order valence-corrected chi connectivity index (χ4v) is 0.778. The predicted molar refractivity (Wildman–Crippen MR) is 54.9 cm³/mol. The molecule has 0 N–H and O–H groups in total. The van der Waals surface area contributed by atoms with Crippen LogP contribution in [0.2, 0.25) is 0 Å². The van der Waals surface area contributed by atoms with Gasteiger partial charge in [-0.05, 0) is 6.42 Å². The number of carbonyl (C=O) groups excluding carboxylic acids is 2. The predicted octanol–water partition coefficient (Wildman–Crippen LogP) is 2.33. The summed E-state index contributed by atoms with van der Waals surface area (Å²) in [6, 6.07) is 0. The van der Waals surface area contributed by atoms with Crippen molar-refractivity contribution in [3.05, 3.63) is 0 Å². The van der Waals surface area contributed by atoms with Crippen molar-refractivity contribution in [3.8, 4) is 0 Å². The number of rotatable bonds is 5. The van der Waals surface area contributed by atoms with Gasteiger partial charge in [-0.1, -0.05) is 34.1 Å². The lowest BCUT2D eigenvalue weighted by molar-refractivity contribution is -0.147. The Hall–Kier alpha value is -0.860. The van der Waals surface area contributed by atoms with Gasteiger partial charge in [0.05, 0.1) is 6.61 Å². The van der Waals surface area contributed by atoms with Crippen LogP contribution >= 0.6 is 0 Å². The van der Waals surface area contributed by atoms with E-state index >= 15 is 0 Å². The van der Waals surface area contributed by atoms with E-state index < -0.39 is 11.4 Å². The van der Waals surface area contributed by atoms with Crippen molar-refractivity contribution in [2.24, 2.45) is 5.41 Å². The molecule has 0 unspecified atom stereocenters. The SMILES string of the molecule is CCCCOC(=O)CC(=O)C(C)(C)C. The highest BCUT2D eigenvalue weighted by molar-refractivity contribution is 5.98. The Morgan fingerprint density at radius 2 is 1.79 bits per heavy atom. The Labute approximate surface area is 85.8 Å². The van der Waals surface area contributed by atoms with Gasteiger partial charge in [-0.2, -0.15) is 0 Å². The van der Waals surface area contributed by atoms with E-state index in [2.05, 4.69) is 0 Å². The highest BCUT2D eigenvalue weighted by atomic mass is 16.5. The third-order valence-corrected chi connectivity index (χ3v) is 1.90. The van der Waals surface area contributed by atoms with E-state index in [9.17, 15) is 9.59 Å². The smallest absolute Gasteiger partial charge is 0.313 e. The van der Waals surface area contributed by atoms with Crippen LogP contribution in [-0.2, 0) is 14.3 Å². The van der Waals surface area contributed by atoms with Crippen molar-refractivity contribution in [1.29, 1.82) is 0 Å². The summed E-state index contributed by atoms with van der Waals surface area (Å²) in [5.41, 5.74) is -0.455. The number of hydrogen-bond acceptors (Lipinski definition) is 3. The molecule has 0 aliphatic heterocycles. The largest absolute Gasteiger partial charge is 0.465 e. The first-order chi connectivity index (χ1) is 6.38. The molecule has 0 atom stereocenters. The average Bonchev–Trinajstić information content (AvgIpc) is 2.03. The Bertz CT molecular complexity index is 201. The lowest BCUT2D eigenvalue weighted by Crippen LogP contribution is -2.24. The van der Waals surface area contributed by atoms with Gasteiger partial charge < -0.3 is 4.74 Å². The zero-order chi connectivity index (χ0) is 11.2. The Kier molecular flexibility index (Phi) is 5.43. The Morgan fingerprint density at radius 1 is 1.21 bits per heavy atom. The van der Waals surface area contributed by atoms with Crippen molar-refractivity contribution in [1.82, 2.24) is 0 Å². The Balaban J connectivity index is 3.78. The minimum absolute atomic E-state index is 0.0704. The average molecular weight is 200 g/mol. The van der Waals surface area contributed by atoms with Gasteiger partial charge in [-0.3, -0.25) is 9.59 Å². The second kappa shape index (κ2) is 5.78. The van der Waals surface area contributed by atoms with Gasteiger partial charge in [-0.25, -0.2) is 0 Å². The van der Waals surface area contributed by atoms with Crippen molar-refractivity contribution >= 4 is 11.8 Å². The molecule has 82 valence electrons. The number of esters is 1. The van der Waals surface area contributed by atoms with E-state index in [1.54, 1.807) is 20.8 Å². The van der Waals surface area contributed by atoms with E-state index in [1.165, 1.54) is 0 Å². The van der Waals surface area contributed by atoms with Crippen molar-refractivity contribution in [2.75, 3.05) is 6.61 Å². The van der Waals surface area contributed by atoms with Crippen LogP contribution in [0.4, 0.5) is 0 Å². The van der Waals surface area contributed by atoms with Gasteiger partial charge in [0.1, 0.15) is 12.2 Å². The molecule has 14 heavy (non-hydrogen) atoms. The van der Waals surface area contributed by atoms with E-state index in [1.807, 2.05) is 6.92 Å². The van der Waals surface area contributed by atoms with Crippen LogP contribution in [0.25, 0.3) is 0 Å².